The summed E-state index contributed by atoms with van der Waals surface area (Å²) in [5.74, 6) is -0.0661. The van der Waals surface area contributed by atoms with Crippen molar-refractivity contribution in [3.63, 3.8) is 0 Å². The van der Waals surface area contributed by atoms with Gasteiger partial charge in [0.2, 0.25) is 5.82 Å². The first-order valence-electron chi connectivity index (χ1n) is 5.92. The number of hydrogen-bond donors (Lipinski definition) is 2. The Hall–Kier alpha value is -2.29. The van der Waals surface area contributed by atoms with Crippen LogP contribution in [-0.2, 0) is 4.79 Å². The van der Waals surface area contributed by atoms with Gasteiger partial charge in [0, 0.05) is 19.0 Å². The van der Waals surface area contributed by atoms with Crippen LogP contribution in [0.2, 0.25) is 0 Å². The number of hydrogen-bond acceptors (Lipinski definition) is 5. The fourth-order valence-electron chi connectivity index (χ4n) is 1.94. The van der Waals surface area contributed by atoms with E-state index in [1.807, 2.05) is 12.1 Å². The lowest BCUT2D eigenvalue weighted by Gasteiger charge is -2.21. The number of rotatable bonds is 2. The quantitative estimate of drug-likeness (QED) is 0.785. The third kappa shape index (κ3) is 2.16. The summed E-state index contributed by atoms with van der Waals surface area (Å²) < 4.78 is 1.76. The number of fused-ring (bicyclic) bond motifs is 1. The number of carbonyl (C=O) groups is 2. The molecule has 0 spiro atoms. The predicted molar refractivity (Wildman–Crippen MR) is 71.9 cm³/mol. The molecule has 1 aliphatic rings. The second-order valence-electron chi connectivity index (χ2n) is 4.23. The Morgan fingerprint density at radius 3 is 3.20 bits per heavy atom. The third-order valence-electron chi connectivity index (χ3n) is 2.97. The highest BCUT2D eigenvalue weighted by molar-refractivity contribution is 7.99. The zero-order valence-electron chi connectivity index (χ0n) is 10.6. The first kappa shape index (κ1) is 12.7. The summed E-state index contributed by atoms with van der Waals surface area (Å²) in [6.45, 7) is 0. The molecule has 1 atom stereocenters. The van der Waals surface area contributed by atoms with Crippen molar-refractivity contribution in [2.45, 2.75) is 11.1 Å². The molecule has 104 valence electrons. The summed E-state index contributed by atoms with van der Waals surface area (Å²) in [5, 5.41) is 12.3. The lowest BCUT2D eigenvalue weighted by Crippen LogP contribution is -2.51. The smallest absolute Gasteiger partial charge is 0.289 e. The Kier molecular flexibility index (Phi) is 3.18. The predicted octanol–water partition coefficient (Wildman–Crippen LogP) is -0.395. The summed E-state index contributed by atoms with van der Waals surface area (Å²) in [7, 11) is 1.67. The highest BCUT2D eigenvalue weighted by Crippen LogP contribution is 2.23. The molecule has 2 aromatic heterocycles. The second-order valence-corrected chi connectivity index (χ2v) is 5.27. The third-order valence-corrected chi connectivity index (χ3v) is 4.09. The van der Waals surface area contributed by atoms with Crippen molar-refractivity contribution >= 4 is 23.6 Å². The Morgan fingerprint density at radius 2 is 2.45 bits per heavy atom. The Balaban J connectivity index is 1.77. The van der Waals surface area contributed by atoms with Gasteiger partial charge in [-0.25, -0.2) is 0 Å². The van der Waals surface area contributed by atoms with E-state index in [9.17, 15) is 9.59 Å². The van der Waals surface area contributed by atoms with Crippen molar-refractivity contribution in [1.29, 1.82) is 0 Å². The molecule has 2 amide bonds. The Morgan fingerprint density at radius 1 is 1.60 bits per heavy atom. The summed E-state index contributed by atoms with van der Waals surface area (Å²) in [6.07, 6.45) is 3.12. The molecule has 8 nitrogen and oxygen atoms in total. The van der Waals surface area contributed by atoms with E-state index in [4.69, 9.17) is 0 Å². The van der Waals surface area contributed by atoms with E-state index in [1.54, 1.807) is 17.9 Å². The molecule has 20 heavy (non-hydrogen) atoms. The van der Waals surface area contributed by atoms with E-state index in [1.165, 1.54) is 23.1 Å². The number of aromatic nitrogens is 4. The minimum absolute atomic E-state index is 0.0920. The lowest BCUT2D eigenvalue weighted by atomic mass is 10.3. The first-order valence-corrected chi connectivity index (χ1v) is 6.90. The molecule has 0 radical (unpaired) electrons. The summed E-state index contributed by atoms with van der Waals surface area (Å²) in [5.41, 5.74) is 0. The summed E-state index contributed by atoms with van der Waals surface area (Å²) in [6, 6.07) is 3.19. The molecule has 0 saturated heterocycles. The zero-order valence-corrected chi connectivity index (χ0v) is 11.4. The molecule has 2 N–H and O–H groups in total. The normalized spacial score (nSPS) is 18.6. The van der Waals surface area contributed by atoms with Gasteiger partial charge in [0.1, 0.15) is 12.4 Å². The number of likely N-dealkylation sites (N-methyl/N-ethyl adjacent to an activating group) is 1. The highest BCUT2D eigenvalue weighted by Gasteiger charge is 2.30. The van der Waals surface area contributed by atoms with Crippen molar-refractivity contribution in [3.05, 3.63) is 30.5 Å². The molecule has 0 aliphatic carbocycles. The molecular formula is C11H12N6O2S. The molecule has 0 saturated carbocycles. The number of nitrogens with one attached hydrogen (secondary N) is 2. The van der Waals surface area contributed by atoms with Crippen LogP contribution in [0.5, 0.6) is 0 Å². The van der Waals surface area contributed by atoms with E-state index in [2.05, 4.69) is 20.5 Å². The summed E-state index contributed by atoms with van der Waals surface area (Å²) >= 11 is 1.51. The molecule has 2 aromatic rings. The number of aromatic amines is 1. The van der Waals surface area contributed by atoms with Gasteiger partial charge in [0.15, 0.2) is 0 Å². The average molecular weight is 292 g/mol. The molecule has 9 heteroatoms. The standard InChI is InChI=1S/C11H12N6O2S/c1-16-11(19)7(5-20-8-3-2-4-17(8)16)14-10(18)9-12-6-13-15-9/h2-4,6-7H,5H2,1H3,(H,14,18)(H,12,13,15). The fourth-order valence-corrected chi connectivity index (χ4v) is 2.99. The van der Waals surface area contributed by atoms with Crippen molar-refractivity contribution in [2.75, 3.05) is 17.8 Å². The maximum Gasteiger partial charge on any atom is 0.289 e. The maximum absolute atomic E-state index is 12.3. The Labute approximate surface area is 118 Å². The van der Waals surface area contributed by atoms with Gasteiger partial charge in [-0.2, -0.15) is 0 Å². The molecule has 1 aliphatic heterocycles. The van der Waals surface area contributed by atoms with E-state index in [-0.39, 0.29) is 11.7 Å². The van der Waals surface area contributed by atoms with Gasteiger partial charge in [-0.05, 0) is 12.1 Å². The van der Waals surface area contributed by atoms with Gasteiger partial charge in [0.05, 0.1) is 5.03 Å². The van der Waals surface area contributed by atoms with Gasteiger partial charge in [0.25, 0.3) is 11.8 Å². The van der Waals surface area contributed by atoms with Crippen LogP contribution in [0.1, 0.15) is 10.6 Å². The number of H-pyrrole nitrogens is 1. The lowest BCUT2D eigenvalue weighted by molar-refractivity contribution is -0.121. The molecule has 0 bridgehead atoms. The molecule has 0 aromatic carbocycles. The number of nitrogens with zero attached hydrogens (tertiary/aromatic N) is 4. The molecule has 3 rings (SSSR count). The van der Waals surface area contributed by atoms with Gasteiger partial charge >= 0.3 is 0 Å². The van der Waals surface area contributed by atoms with Crippen LogP contribution in [0, 0.1) is 0 Å². The average Bonchev–Trinajstić information content (AvgIpc) is 3.10. The van der Waals surface area contributed by atoms with Crippen molar-refractivity contribution < 1.29 is 9.59 Å². The van der Waals surface area contributed by atoms with Crippen LogP contribution in [0.4, 0.5) is 0 Å². The van der Waals surface area contributed by atoms with Crippen molar-refractivity contribution in [2.24, 2.45) is 0 Å². The van der Waals surface area contributed by atoms with E-state index < -0.39 is 11.9 Å². The first-order chi connectivity index (χ1) is 9.66. The zero-order chi connectivity index (χ0) is 14.1. The van der Waals surface area contributed by atoms with Gasteiger partial charge in [-0.1, -0.05) is 0 Å². The van der Waals surface area contributed by atoms with E-state index in [0.717, 1.165) is 5.03 Å². The minimum atomic E-state index is -0.609. The van der Waals surface area contributed by atoms with E-state index >= 15 is 0 Å². The van der Waals surface area contributed by atoms with Crippen molar-refractivity contribution in [1.82, 2.24) is 25.2 Å². The minimum Gasteiger partial charge on any atom is -0.337 e. The van der Waals surface area contributed by atoms with Crippen LogP contribution in [-0.4, -0.2) is 50.5 Å². The maximum atomic E-state index is 12.3. The number of thioether (sulfide) groups is 1. The van der Waals surface area contributed by atoms with Crippen molar-refractivity contribution in [3.8, 4) is 0 Å². The molecule has 1 unspecified atom stereocenters. The van der Waals surface area contributed by atoms with Crippen LogP contribution in [0.25, 0.3) is 0 Å². The van der Waals surface area contributed by atoms with E-state index in [0.29, 0.717) is 5.75 Å². The van der Waals surface area contributed by atoms with Gasteiger partial charge in [-0.3, -0.25) is 19.3 Å². The SMILES string of the molecule is CN1C(=O)C(NC(=O)c2nnc[nH]2)CSc2cccn21. The van der Waals surface area contributed by atoms with Gasteiger partial charge in [-0.15, -0.1) is 22.0 Å². The Bertz CT molecular complexity index is 637. The summed E-state index contributed by atoms with van der Waals surface area (Å²) in [4.78, 5) is 26.9. The van der Waals surface area contributed by atoms with Gasteiger partial charge < -0.3 is 10.3 Å². The molecule has 0 fully saturated rings. The molecular weight excluding hydrogens is 280 g/mol. The highest BCUT2D eigenvalue weighted by atomic mass is 32.2. The van der Waals surface area contributed by atoms with Crippen LogP contribution < -0.4 is 10.3 Å². The number of carbonyl (C=O) groups excluding carboxylic acids is 2. The largest absolute Gasteiger partial charge is 0.337 e. The monoisotopic (exact) mass is 292 g/mol. The fraction of sp³-hybridized carbons (Fsp3) is 0.273. The van der Waals surface area contributed by atoms with Crippen LogP contribution >= 0.6 is 11.8 Å². The molecule has 3 heterocycles. The number of amides is 2. The van der Waals surface area contributed by atoms with Crippen LogP contribution in [0.15, 0.2) is 29.7 Å². The van der Waals surface area contributed by atoms with Crippen LogP contribution in [0.3, 0.4) is 0 Å². The topological polar surface area (TPSA) is 95.9 Å². The second kappa shape index (κ2) is 5.00.